The van der Waals surface area contributed by atoms with E-state index in [-0.39, 0.29) is 17.4 Å². The molecule has 0 bridgehead atoms. The summed E-state index contributed by atoms with van der Waals surface area (Å²) < 4.78 is 0. The van der Waals surface area contributed by atoms with E-state index in [1.54, 1.807) is 0 Å². The molecule has 0 aliphatic heterocycles. The van der Waals surface area contributed by atoms with Crippen molar-refractivity contribution in [3.63, 3.8) is 0 Å². The number of hydrogen-bond acceptors (Lipinski definition) is 3. The van der Waals surface area contributed by atoms with Crippen molar-refractivity contribution in [3.05, 3.63) is 45.5 Å². The number of benzene rings is 1. The van der Waals surface area contributed by atoms with Gasteiger partial charge in [-0.3, -0.25) is 10.1 Å². The van der Waals surface area contributed by atoms with Crippen LogP contribution in [0.2, 0.25) is 0 Å². The lowest BCUT2D eigenvalue weighted by Gasteiger charge is -2.37. The van der Waals surface area contributed by atoms with Crippen LogP contribution < -0.4 is 0 Å². The van der Waals surface area contributed by atoms with Crippen LogP contribution in [-0.4, -0.2) is 17.8 Å². The molecule has 1 aliphatic carbocycles. The maximum atomic E-state index is 11.7. The maximum absolute atomic E-state index is 11.7. The van der Waals surface area contributed by atoms with Crippen LogP contribution in [0.1, 0.15) is 49.1 Å². The number of aldehydes is 1. The normalized spacial score (nSPS) is 19.2. The van der Waals surface area contributed by atoms with E-state index in [0.717, 1.165) is 49.5 Å². The van der Waals surface area contributed by atoms with E-state index in [1.165, 1.54) is 0 Å². The number of hydrogen-bond donors (Lipinski definition) is 0. The fraction of sp³-hybridized carbons (Fsp3) is 0.562. The predicted molar refractivity (Wildman–Crippen MR) is 77.4 cm³/mol. The minimum atomic E-state index is -0.555. The Labute approximate surface area is 119 Å². The second kappa shape index (κ2) is 6.16. The fourth-order valence-corrected chi connectivity index (χ4v) is 3.33. The minimum Gasteiger partial charge on any atom is -0.303 e. The third kappa shape index (κ3) is 3.06. The van der Waals surface area contributed by atoms with Gasteiger partial charge in [0.25, 0.3) is 0 Å². The van der Waals surface area contributed by atoms with Gasteiger partial charge in [0.1, 0.15) is 6.29 Å². The van der Waals surface area contributed by atoms with Gasteiger partial charge in [-0.15, -0.1) is 0 Å². The Morgan fingerprint density at radius 2 is 1.85 bits per heavy atom. The van der Waals surface area contributed by atoms with Crippen molar-refractivity contribution in [1.82, 2.24) is 0 Å². The lowest BCUT2D eigenvalue weighted by Crippen LogP contribution is -2.36. The zero-order chi connectivity index (χ0) is 14.6. The van der Waals surface area contributed by atoms with Crippen molar-refractivity contribution in [2.75, 3.05) is 6.54 Å². The Kier molecular flexibility index (Phi) is 4.53. The van der Waals surface area contributed by atoms with Crippen LogP contribution in [0, 0.1) is 22.5 Å². The first-order valence-electron chi connectivity index (χ1n) is 7.22. The quantitative estimate of drug-likeness (QED) is 0.469. The highest BCUT2D eigenvalue weighted by molar-refractivity contribution is 5.62. The van der Waals surface area contributed by atoms with Crippen molar-refractivity contribution in [3.8, 4) is 0 Å². The highest BCUT2D eigenvalue weighted by Crippen LogP contribution is 2.46. The van der Waals surface area contributed by atoms with Crippen molar-refractivity contribution >= 4 is 6.29 Å². The van der Waals surface area contributed by atoms with Crippen molar-refractivity contribution in [2.45, 2.75) is 44.9 Å². The lowest BCUT2D eigenvalue weighted by atomic mass is 9.64. The molecule has 4 nitrogen and oxygen atoms in total. The lowest BCUT2D eigenvalue weighted by molar-refractivity contribution is -0.486. The van der Waals surface area contributed by atoms with E-state index in [1.807, 2.05) is 31.2 Å². The molecule has 108 valence electrons. The zero-order valence-corrected chi connectivity index (χ0v) is 11.9. The molecule has 0 N–H and O–H groups in total. The van der Waals surface area contributed by atoms with Crippen LogP contribution in [0.15, 0.2) is 24.3 Å². The van der Waals surface area contributed by atoms with Gasteiger partial charge in [0.05, 0.1) is 5.92 Å². The molecule has 0 saturated heterocycles. The summed E-state index contributed by atoms with van der Waals surface area (Å²) in [4.78, 5) is 22.5. The molecule has 1 saturated carbocycles. The average Bonchev–Trinajstić information content (AvgIpc) is 2.46. The van der Waals surface area contributed by atoms with Crippen molar-refractivity contribution in [1.29, 1.82) is 0 Å². The SMILES string of the molecule is Cc1ccc([C@@H](C[N+](=O)[O-])C2(C=O)CCCCC2)cc1. The third-order valence-corrected chi connectivity index (χ3v) is 4.52. The Bertz CT molecular complexity index is 475. The Balaban J connectivity index is 2.37. The molecule has 4 heteroatoms. The van der Waals surface area contributed by atoms with Crippen LogP contribution in [0.3, 0.4) is 0 Å². The third-order valence-electron chi connectivity index (χ3n) is 4.52. The van der Waals surface area contributed by atoms with E-state index in [2.05, 4.69) is 0 Å². The Morgan fingerprint density at radius 3 is 2.35 bits per heavy atom. The van der Waals surface area contributed by atoms with Gasteiger partial charge in [0, 0.05) is 10.3 Å². The molecule has 1 aromatic carbocycles. The summed E-state index contributed by atoms with van der Waals surface area (Å²) in [5, 5.41) is 11.0. The van der Waals surface area contributed by atoms with Gasteiger partial charge in [-0.2, -0.15) is 0 Å². The average molecular weight is 275 g/mol. The number of aryl methyl sites for hydroxylation is 1. The van der Waals surface area contributed by atoms with Gasteiger partial charge in [-0.1, -0.05) is 49.1 Å². The molecule has 1 aliphatic rings. The van der Waals surface area contributed by atoms with Crippen LogP contribution in [0.25, 0.3) is 0 Å². The summed E-state index contributed by atoms with van der Waals surface area (Å²) >= 11 is 0. The van der Waals surface area contributed by atoms with Gasteiger partial charge in [0.15, 0.2) is 0 Å². The summed E-state index contributed by atoms with van der Waals surface area (Å²) in [5.41, 5.74) is 1.49. The molecule has 2 rings (SSSR count). The molecule has 0 unspecified atom stereocenters. The zero-order valence-electron chi connectivity index (χ0n) is 11.9. The number of carbonyl (C=O) groups excluding carboxylic acids is 1. The summed E-state index contributed by atoms with van der Waals surface area (Å²) in [6, 6.07) is 7.79. The molecule has 0 radical (unpaired) electrons. The number of carbonyl (C=O) groups is 1. The van der Waals surface area contributed by atoms with Gasteiger partial charge in [-0.25, -0.2) is 0 Å². The molecule has 0 heterocycles. The molecule has 1 aromatic rings. The number of nitro groups is 1. The smallest absolute Gasteiger partial charge is 0.211 e. The van der Waals surface area contributed by atoms with E-state index >= 15 is 0 Å². The van der Waals surface area contributed by atoms with Gasteiger partial charge < -0.3 is 4.79 Å². The molecule has 1 fully saturated rings. The van der Waals surface area contributed by atoms with Crippen molar-refractivity contribution < 1.29 is 9.72 Å². The minimum absolute atomic E-state index is 0.165. The van der Waals surface area contributed by atoms with E-state index in [4.69, 9.17) is 0 Å². The second-order valence-corrected chi connectivity index (χ2v) is 5.89. The highest BCUT2D eigenvalue weighted by atomic mass is 16.6. The fourth-order valence-electron chi connectivity index (χ4n) is 3.33. The highest BCUT2D eigenvalue weighted by Gasteiger charge is 2.43. The summed E-state index contributed by atoms with van der Waals surface area (Å²) in [6.07, 6.45) is 5.61. The topological polar surface area (TPSA) is 60.2 Å². The molecular weight excluding hydrogens is 254 g/mol. The maximum Gasteiger partial charge on any atom is 0.211 e. The van der Waals surface area contributed by atoms with Crippen molar-refractivity contribution in [2.24, 2.45) is 5.41 Å². The first kappa shape index (κ1) is 14.7. The summed E-state index contributed by atoms with van der Waals surface area (Å²) in [5.74, 6) is -0.309. The first-order valence-corrected chi connectivity index (χ1v) is 7.22. The van der Waals surface area contributed by atoms with Gasteiger partial charge in [-0.05, 0) is 25.3 Å². The van der Waals surface area contributed by atoms with Gasteiger partial charge in [0.2, 0.25) is 6.54 Å². The largest absolute Gasteiger partial charge is 0.303 e. The van der Waals surface area contributed by atoms with Crippen LogP contribution >= 0.6 is 0 Å². The van der Waals surface area contributed by atoms with E-state index < -0.39 is 5.41 Å². The monoisotopic (exact) mass is 275 g/mol. The van der Waals surface area contributed by atoms with Crippen LogP contribution in [-0.2, 0) is 4.79 Å². The molecular formula is C16H21NO3. The molecule has 0 spiro atoms. The van der Waals surface area contributed by atoms with E-state index in [9.17, 15) is 14.9 Å². The summed E-state index contributed by atoms with van der Waals surface area (Å²) in [7, 11) is 0. The molecule has 1 atom stereocenters. The Morgan fingerprint density at radius 1 is 1.25 bits per heavy atom. The van der Waals surface area contributed by atoms with Crippen LogP contribution in [0.5, 0.6) is 0 Å². The Hall–Kier alpha value is -1.71. The standard InChI is InChI=1S/C16H21NO3/c1-13-5-7-14(8-6-13)15(11-17(19)20)16(12-18)9-3-2-4-10-16/h5-8,12,15H,2-4,9-11H2,1H3/t15-/m1/s1. The van der Waals surface area contributed by atoms with Gasteiger partial charge >= 0.3 is 0 Å². The molecule has 20 heavy (non-hydrogen) atoms. The first-order chi connectivity index (χ1) is 9.57. The number of nitrogens with zero attached hydrogens (tertiary/aromatic N) is 1. The summed E-state index contributed by atoms with van der Waals surface area (Å²) in [6.45, 7) is 1.82. The predicted octanol–water partition coefficient (Wildman–Crippen LogP) is 3.50. The van der Waals surface area contributed by atoms with E-state index in [0.29, 0.717) is 0 Å². The second-order valence-electron chi connectivity index (χ2n) is 5.89. The molecule has 0 aromatic heterocycles. The molecule has 0 amide bonds. The number of rotatable bonds is 5. The van der Waals surface area contributed by atoms with Crippen LogP contribution in [0.4, 0.5) is 0 Å².